The van der Waals surface area contributed by atoms with Crippen molar-refractivity contribution in [3.63, 3.8) is 0 Å². The maximum atomic E-state index is 13.4. The van der Waals surface area contributed by atoms with Crippen molar-refractivity contribution in [3.8, 4) is 11.5 Å². The number of ether oxygens (including phenoxy) is 2. The topological polar surface area (TPSA) is 79.3 Å². The van der Waals surface area contributed by atoms with Gasteiger partial charge >= 0.3 is 0 Å². The first kappa shape index (κ1) is 25.8. The molecule has 1 atom stereocenters. The summed E-state index contributed by atoms with van der Waals surface area (Å²) in [4.78, 5) is 30.2. The monoisotopic (exact) mass is 500 g/mol. The summed E-state index contributed by atoms with van der Waals surface area (Å²) < 4.78 is 11.2. The van der Waals surface area contributed by atoms with Gasteiger partial charge in [0.15, 0.2) is 0 Å². The van der Waals surface area contributed by atoms with Crippen LogP contribution in [0.5, 0.6) is 11.5 Å². The van der Waals surface area contributed by atoms with Crippen molar-refractivity contribution in [2.24, 2.45) is 0 Å². The van der Waals surface area contributed by atoms with E-state index in [2.05, 4.69) is 0 Å². The van der Waals surface area contributed by atoms with Gasteiger partial charge in [-0.15, -0.1) is 0 Å². The van der Waals surface area contributed by atoms with Crippen LogP contribution in [0.3, 0.4) is 0 Å². The maximum absolute atomic E-state index is 13.4. The van der Waals surface area contributed by atoms with Crippen molar-refractivity contribution in [2.45, 2.75) is 32.9 Å². The van der Waals surface area contributed by atoms with Gasteiger partial charge in [0, 0.05) is 31.0 Å². The predicted octanol–water partition coefficient (Wildman–Crippen LogP) is 5.56. The van der Waals surface area contributed by atoms with Crippen LogP contribution in [0.4, 0.5) is 11.4 Å². The van der Waals surface area contributed by atoms with Gasteiger partial charge in [0.1, 0.15) is 17.3 Å². The first-order chi connectivity index (χ1) is 17.7. The lowest BCUT2D eigenvalue weighted by molar-refractivity contribution is -0.132. The average Bonchev–Trinajstić information content (AvgIpc) is 3.14. The summed E-state index contributed by atoms with van der Waals surface area (Å²) in [6.07, 6.45) is 0.00408. The number of aliphatic hydroxyl groups excluding tert-OH is 1. The van der Waals surface area contributed by atoms with E-state index in [1.807, 2.05) is 64.0 Å². The summed E-state index contributed by atoms with van der Waals surface area (Å²) in [6.45, 7) is 6.27. The quantitative estimate of drug-likeness (QED) is 0.248. The zero-order chi connectivity index (χ0) is 26.7. The van der Waals surface area contributed by atoms with E-state index in [4.69, 9.17) is 9.47 Å². The zero-order valence-corrected chi connectivity index (χ0v) is 21.8. The third-order valence-electron chi connectivity index (χ3n) is 6.10. The molecule has 0 spiro atoms. The average molecular weight is 501 g/mol. The fourth-order valence-corrected chi connectivity index (χ4v) is 4.36. The second kappa shape index (κ2) is 10.8. The summed E-state index contributed by atoms with van der Waals surface area (Å²) in [5.74, 6) is -0.358. The van der Waals surface area contributed by atoms with E-state index in [1.165, 1.54) is 4.90 Å². The van der Waals surface area contributed by atoms with Gasteiger partial charge in [-0.3, -0.25) is 14.5 Å². The van der Waals surface area contributed by atoms with E-state index in [1.54, 1.807) is 48.5 Å². The molecule has 0 bridgehead atoms. The Labute approximate surface area is 217 Å². The molecule has 37 heavy (non-hydrogen) atoms. The van der Waals surface area contributed by atoms with Crippen molar-refractivity contribution in [3.05, 3.63) is 89.5 Å². The van der Waals surface area contributed by atoms with Gasteiger partial charge in [-0.05, 0) is 87.0 Å². The molecule has 7 heteroatoms. The second-order valence-electron chi connectivity index (χ2n) is 9.27. The number of hydrogen-bond acceptors (Lipinski definition) is 6. The maximum Gasteiger partial charge on any atom is 0.300 e. The van der Waals surface area contributed by atoms with Crippen molar-refractivity contribution in [1.29, 1.82) is 0 Å². The van der Waals surface area contributed by atoms with E-state index >= 15 is 0 Å². The number of aliphatic hydroxyl groups is 1. The zero-order valence-electron chi connectivity index (χ0n) is 21.8. The third kappa shape index (κ3) is 5.31. The molecule has 0 aliphatic carbocycles. The number of anilines is 2. The van der Waals surface area contributed by atoms with Gasteiger partial charge in [-0.1, -0.05) is 12.1 Å². The summed E-state index contributed by atoms with van der Waals surface area (Å²) >= 11 is 0. The first-order valence-corrected chi connectivity index (χ1v) is 12.3. The Hall–Kier alpha value is -4.26. The number of rotatable bonds is 8. The van der Waals surface area contributed by atoms with Gasteiger partial charge in [-0.25, -0.2) is 0 Å². The Morgan fingerprint density at radius 3 is 2.05 bits per heavy atom. The molecule has 3 aromatic carbocycles. The Balaban J connectivity index is 1.83. The van der Waals surface area contributed by atoms with Crippen LogP contribution in [-0.2, 0) is 9.59 Å². The van der Waals surface area contributed by atoms with Crippen LogP contribution in [0.2, 0.25) is 0 Å². The second-order valence-corrected chi connectivity index (χ2v) is 9.27. The minimum absolute atomic E-state index is 0.00408. The highest BCUT2D eigenvalue weighted by Gasteiger charge is 2.47. The predicted molar refractivity (Wildman–Crippen MR) is 145 cm³/mol. The first-order valence-electron chi connectivity index (χ1n) is 12.3. The molecule has 1 fully saturated rings. The van der Waals surface area contributed by atoms with Crippen molar-refractivity contribution >= 4 is 28.8 Å². The van der Waals surface area contributed by atoms with Gasteiger partial charge in [0.25, 0.3) is 11.7 Å². The van der Waals surface area contributed by atoms with E-state index < -0.39 is 17.7 Å². The number of hydrogen-bond donors (Lipinski definition) is 1. The molecule has 3 aromatic rings. The van der Waals surface area contributed by atoms with Crippen LogP contribution in [0, 0.1) is 0 Å². The van der Waals surface area contributed by atoms with E-state index in [0.29, 0.717) is 34.9 Å². The van der Waals surface area contributed by atoms with Crippen LogP contribution in [0.1, 0.15) is 37.9 Å². The SMILES string of the molecule is CCOc1ccc(/C(O)=C2/C(=O)C(=O)N(c3ccc(OC(C)C)cc3)C2c2ccc(N(C)C)cc2)cc1. The summed E-state index contributed by atoms with van der Waals surface area (Å²) in [6, 6.07) is 20.6. The fraction of sp³-hybridized carbons (Fsp3) is 0.267. The minimum atomic E-state index is -0.806. The van der Waals surface area contributed by atoms with Gasteiger partial charge in [-0.2, -0.15) is 0 Å². The number of nitrogens with zero attached hydrogens (tertiary/aromatic N) is 2. The highest BCUT2D eigenvalue weighted by Crippen LogP contribution is 2.43. The molecule has 1 heterocycles. The molecular formula is C30H32N2O5. The van der Waals surface area contributed by atoms with E-state index in [0.717, 1.165) is 5.69 Å². The highest BCUT2D eigenvalue weighted by molar-refractivity contribution is 6.51. The van der Waals surface area contributed by atoms with E-state index in [9.17, 15) is 14.7 Å². The molecule has 192 valence electrons. The normalized spacial score (nSPS) is 16.8. The van der Waals surface area contributed by atoms with E-state index in [-0.39, 0.29) is 17.4 Å². The van der Waals surface area contributed by atoms with Crippen molar-refractivity contribution in [2.75, 3.05) is 30.5 Å². The number of carbonyl (C=O) groups is 2. The van der Waals surface area contributed by atoms with Gasteiger partial charge in [0.05, 0.1) is 24.3 Å². The summed E-state index contributed by atoms with van der Waals surface area (Å²) in [5.41, 5.74) is 2.68. The van der Waals surface area contributed by atoms with Crippen LogP contribution >= 0.6 is 0 Å². The lowest BCUT2D eigenvalue weighted by atomic mass is 9.95. The number of Topliss-reactive ketones (excluding diaryl/α,β-unsaturated/α-hetero) is 1. The molecule has 4 rings (SSSR count). The molecule has 1 N–H and O–H groups in total. The van der Waals surface area contributed by atoms with Crippen LogP contribution < -0.4 is 19.3 Å². The largest absolute Gasteiger partial charge is 0.507 e. The number of amides is 1. The van der Waals surface area contributed by atoms with Crippen LogP contribution in [-0.4, -0.2) is 43.6 Å². The van der Waals surface area contributed by atoms with Crippen LogP contribution in [0.15, 0.2) is 78.4 Å². The summed E-state index contributed by atoms with van der Waals surface area (Å²) in [5, 5.41) is 11.3. The fourth-order valence-electron chi connectivity index (χ4n) is 4.36. The Bertz CT molecular complexity index is 1290. The number of benzene rings is 3. The Morgan fingerprint density at radius 2 is 1.51 bits per heavy atom. The Kier molecular flexibility index (Phi) is 7.53. The lowest BCUT2D eigenvalue weighted by Gasteiger charge is -2.26. The smallest absolute Gasteiger partial charge is 0.300 e. The molecule has 1 unspecified atom stereocenters. The molecule has 0 saturated carbocycles. The summed E-state index contributed by atoms with van der Waals surface area (Å²) in [7, 11) is 3.88. The molecule has 7 nitrogen and oxygen atoms in total. The lowest BCUT2D eigenvalue weighted by Crippen LogP contribution is -2.29. The van der Waals surface area contributed by atoms with Crippen molar-refractivity contribution < 1.29 is 24.2 Å². The third-order valence-corrected chi connectivity index (χ3v) is 6.10. The molecule has 0 aromatic heterocycles. The van der Waals surface area contributed by atoms with Crippen LogP contribution in [0.25, 0.3) is 5.76 Å². The van der Waals surface area contributed by atoms with Gasteiger partial charge < -0.3 is 19.5 Å². The minimum Gasteiger partial charge on any atom is -0.507 e. The standard InChI is InChI=1S/C30H32N2O5/c1-6-36-24-15-9-21(10-16-24)28(33)26-27(20-7-11-22(12-8-20)31(4)5)32(30(35)29(26)34)23-13-17-25(18-14-23)37-19(2)3/h7-19,27,33H,6H2,1-5H3/b28-26-. The molecular weight excluding hydrogens is 468 g/mol. The molecule has 1 aliphatic rings. The molecule has 0 radical (unpaired) electrons. The number of ketones is 1. The highest BCUT2D eigenvalue weighted by atomic mass is 16.5. The number of carbonyl (C=O) groups excluding carboxylic acids is 2. The molecule has 1 saturated heterocycles. The molecule has 1 aliphatic heterocycles. The Morgan fingerprint density at radius 1 is 0.919 bits per heavy atom. The van der Waals surface area contributed by atoms with Gasteiger partial charge in [0.2, 0.25) is 0 Å². The van der Waals surface area contributed by atoms with Crippen molar-refractivity contribution in [1.82, 2.24) is 0 Å². The molecule has 1 amide bonds.